The second-order valence-corrected chi connectivity index (χ2v) is 8.66. The van der Waals surface area contributed by atoms with Gasteiger partial charge < -0.3 is 19.3 Å². The summed E-state index contributed by atoms with van der Waals surface area (Å²) >= 11 is 0. The van der Waals surface area contributed by atoms with Gasteiger partial charge in [0.05, 0.1) is 12.8 Å². The van der Waals surface area contributed by atoms with Crippen molar-refractivity contribution >= 4 is 11.9 Å². The normalized spacial score (nSPS) is 48.4. The van der Waals surface area contributed by atoms with Crippen LogP contribution in [0.1, 0.15) is 59.3 Å². The van der Waals surface area contributed by atoms with Crippen molar-refractivity contribution < 1.29 is 38.7 Å². The zero-order valence-corrected chi connectivity index (χ0v) is 16.0. The molecular weight excluding hydrogens is 356 g/mol. The Labute approximate surface area is 158 Å². The minimum atomic E-state index is -1.03. The Morgan fingerprint density at radius 3 is 2.63 bits per heavy atom. The molecule has 2 bridgehead atoms. The zero-order valence-electron chi connectivity index (χ0n) is 16.0. The summed E-state index contributed by atoms with van der Waals surface area (Å²) in [6.07, 6.45) is 1.72. The minimum absolute atomic E-state index is 0.0670. The van der Waals surface area contributed by atoms with E-state index >= 15 is 0 Å². The summed E-state index contributed by atoms with van der Waals surface area (Å²) in [5.41, 5.74) is -0.697. The van der Waals surface area contributed by atoms with Crippen LogP contribution in [0.25, 0.3) is 0 Å². The van der Waals surface area contributed by atoms with E-state index in [2.05, 4.69) is 6.92 Å². The molecule has 5 fully saturated rings. The van der Waals surface area contributed by atoms with Crippen molar-refractivity contribution in [3.63, 3.8) is 0 Å². The maximum Gasteiger partial charge on any atom is 0.308 e. The smallest absolute Gasteiger partial charge is 0.308 e. The monoisotopic (exact) mass is 384 g/mol. The highest BCUT2D eigenvalue weighted by Gasteiger charge is 2.69. The van der Waals surface area contributed by atoms with E-state index in [4.69, 9.17) is 29.1 Å². The highest BCUT2D eigenvalue weighted by atomic mass is 17.3. The van der Waals surface area contributed by atoms with E-state index in [1.165, 1.54) is 0 Å². The number of carboxylic acids is 1. The number of fused-ring (bicyclic) bond motifs is 2. The van der Waals surface area contributed by atoms with Crippen molar-refractivity contribution in [2.75, 3.05) is 0 Å². The standard InChI is InChI=1S/C19H28O8/c1-10-4-5-13-11(2)16(23-15(22)7-6-14(20)21)24-17-19(13)12(10)8-9-18(3,25-17)26-27-19/h10-13,16-17H,4-9H2,1-3H3,(H,20,21)/t10-,11-,12+,13-,16-,17-,18-,19-/m1/s1. The first-order valence-corrected chi connectivity index (χ1v) is 9.86. The number of hydrogen-bond acceptors (Lipinski definition) is 7. The Morgan fingerprint density at radius 2 is 1.89 bits per heavy atom. The number of esters is 1. The van der Waals surface area contributed by atoms with Gasteiger partial charge >= 0.3 is 11.9 Å². The number of hydrogen-bond donors (Lipinski definition) is 1. The minimum Gasteiger partial charge on any atom is -0.481 e. The van der Waals surface area contributed by atoms with Crippen molar-refractivity contribution in [2.24, 2.45) is 23.7 Å². The lowest BCUT2D eigenvalue weighted by molar-refractivity contribution is -0.576. The number of carboxylic acid groups (broad SMARTS) is 1. The molecular formula is C19H28O8. The van der Waals surface area contributed by atoms with E-state index in [9.17, 15) is 9.59 Å². The molecule has 4 aliphatic heterocycles. The van der Waals surface area contributed by atoms with Gasteiger partial charge in [-0.25, -0.2) is 9.78 Å². The number of carbonyl (C=O) groups is 2. The molecule has 1 N–H and O–H groups in total. The van der Waals surface area contributed by atoms with Crippen LogP contribution in [0.4, 0.5) is 0 Å². The van der Waals surface area contributed by atoms with Crippen LogP contribution in [-0.4, -0.2) is 41.0 Å². The highest BCUT2D eigenvalue weighted by Crippen LogP contribution is 2.60. The quantitative estimate of drug-likeness (QED) is 0.583. The first kappa shape index (κ1) is 19.1. The molecule has 5 rings (SSSR count). The van der Waals surface area contributed by atoms with Gasteiger partial charge in [0, 0.05) is 18.3 Å². The largest absolute Gasteiger partial charge is 0.481 e. The first-order valence-electron chi connectivity index (χ1n) is 9.86. The van der Waals surface area contributed by atoms with Crippen molar-refractivity contribution in [1.82, 2.24) is 0 Å². The van der Waals surface area contributed by atoms with E-state index in [1.54, 1.807) is 0 Å². The topological polar surface area (TPSA) is 101 Å². The van der Waals surface area contributed by atoms with E-state index in [1.807, 2.05) is 13.8 Å². The van der Waals surface area contributed by atoms with Gasteiger partial charge in [-0.2, -0.15) is 0 Å². The summed E-state index contributed by atoms with van der Waals surface area (Å²) in [6, 6.07) is 0. The molecule has 1 spiro atoms. The fourth-order valence-electron chi connectivity index (χ4n) is 5.40. The van der Waals surface area contributed by atoms with Gasteiger partial charge in [-0.1, -0.05) is 13.8 Å². The first-order chi connectivity index (χ1) is 12.7. The molecule has 4 heterocycles. The van der Waals surface area contributed by atoms with Gasteiger partial charge in [0.15, 0.2) is 11.9 Å². The molecule has 0 radical (unpaired) electrons. The Hall–Kier alpha value is -1.22. The predicted octanol–water partition coefficient (Wildman–Crippen LogP) is 2.60. The fourth-order valence-corrected chi connectivity index (χ4v) is 5.40. The molecule has 0 aromatic rings. The number of carbonyl (C=O) groups excluding carboxylic acids is 1. The van der Waals surface area contributed by atoms with E-state index in [-0.39, 0.29) is 30.6 Å². The van der Waals surface area contributed by atoms with Crippen LogP contribution in [-0.2, 0) is 33.6 Å². The van der Waals surface area contributed by atoms with Crippen LogP contribution < -0.4 is 0 Å². The van der Waals surface area contributed by atoms with Crippen LogP contribution in [0.5, 0.6) is 0 Å². The number of ether oxygens (including phenoxy) is 3. The predicted molar refractivity (Wildman–Crippen MR) is 89.8 cm³/mol. The number of rotatable bonds is 4. The third-order valence-corrected chi connectivity index (χ3v) is 6.89. The molecule has 4 saturated heterocycles. The number of aliphatic carboxylic acids is 1. The molecule has 0 aromatic carbocycles. The Bertz CT molecular complexity index is 623. The van der Waals surface area contributed by atoms with Gasteiger partial charge in [0.1, 0.15) is 0 Å². The van der Waals surface area contributed by atoms with E-state index in [0.717, 1.165) is 19.3 Å². The fraction of sp³-hybridized carbons (Fsp3) is 0.895. The molecule has 8 atom stereocenters. The second kappa shape index (κ2) is 6.69. The molecule has 5 aliphatic rings. The Morgan fingerprint density at radius 1 is 1.11 bits per heavy atom. The molecule has 152 valence electrons. The molecule has 8 heteroatoms. The molecule has 0 unspecified atom stereocenters. The summed E-state index contributed by atoms with van der Waals surface area (Å²) in [7, 11) is 0. The second-order valence-electron chi connectivity index (χ2n) is 8.66. The maximum absolute atomic E-state index is 12.1. The molecule has 0 amide bonds. The molecule has 1 aliphatic carbocycles. The van der Waals surface area contributed by atoms with E-state index in [0.29, 0.717) is 12.3 Å². The summed E-state index contributed by atoms with van der Waals surface area (Å²) in [6.45, 7) is 6.06. The average Bonchev–Trinajstić information content (AvgIpc) is 2.84. The third kappa shape index (κ3) is 3.06. The van der Waals surface area contributed by atoms with Crippen molar-refractivity contribution in [3.8, 4) is 0 Å². The van der Waals surface area contributed by atoms with E-state index < -0.39 is 35.9 Å². The lowest BCUT2D eigenvalue weighted by Crippen LogP contribution is -2.70. The molecule has 0 aromatic heterocycles. The summed E-state index contributed by atoms with van der Waals surface area (Å²) in [5.74, 6) is -1.82. The molecule has 27 heavy (non-hydrogen) atoms. The lowest BCUT2D eigenvalue weighted by Gasteiger charge is -2.59. The van der Waals surface area contributed by atoms with Crippen LogP contribution in [0, 0.1) is 23.7 Å². The van der Waals surface area contributed by atoms with Crippen molar-refractivity contribution in [1.29, 1.82) is 0 Å². The lowest BCUT2D eigenvalue weighted by atomic mass is 9.58. The van der Waals surface area contributed by atoms with Crippen molar-refractivity contribution in [2.45, 2.75) is 83.3 Å². The van der Waals surface area contributed by atoms with Gasteiger partial charge in [0.25, 0.3) is 0 Å². The van der Waals surface area contributed by atoms with Gasteiger partial charge in [-0.3, -0.25) is 9.59 Å². The maximum atomic E-state index is 12.1. The zero-order chi connectivity index (χ0) is 19.4. The Balaban J connectivity index is 1.58. The van der Waals surface area contributed by atoms with Gasteiger partial charge in [0.2, 0.25) is 12.1 Å². The van der Waals surface area contributed by atoms with Gasteiger partial charge in [-0.05, 0) is 38.0 Å². The third-order valence-electron chi connectivity index (χ3n) is 6.89. The summed E-state index contributed by atoms with van der Waals surface area (Å²) in [5, 5.41) is 8.76. The average molecular weight is 384 g/mol. The molecule has 8 nitrogen and oxygen atoms in total. The molecule has 1 saturated carbocycles. The van der Waals surface area contributed by atoms with Crippen LogP contribution in [0.15, 0.2) is 0 Å². The SMILES string of the molecule is C[C@H]1[C@H](OC(=O)CCC(=O)O)O[C@@H]2O[C@@]3(C)CC[C@H]4[C@H](C)CC[C@H]1[C@@]24OO3. The highest BCUT2D eigenvalue weighted by molar-refractivity contribution is 5.76. The summed E-state index contributed by atoms with van der Waals surface area (Å²) in [4.78, 5) is 34.5. The van der Waals surface area contributed by atoms with Crippen LogP contribution in [0.2, 0.25) is 0 Å². The van der Waals surface area contributed by atoms with Crippen molar-refractivity contribution in [3.05, 3.63) is 0 Å². The van der Waals surface area contributed by atoms with Gasteiger partial charge in [-0.15, -0.1) is 0 Å². The summed E-state index contributed by atoms with van der Waals surface area (Å²) < 4.78 is 17.8. The Kier molecular flexibility index (Phi) is 4.73. The van der Waals surface area contributed by atoms with Crippen LogP contribution in [0.3, 0.4) is 0 Å². The van der Waals surface area contributed by atoms with Crippen LogP contribution >= 0.6 is 0 Å².